The minimum absolute atomic E-state index is 0.0363. The van der Waals surface area contributed by atoms with Crippen molar-refractivity contribution in [1.82, 2.24) is 19.5 Å². The second-order valence-corrected chi connectivity index (χ2v) is 10.6. The van der Waals surface area contributed by atoms with Crippen LogP contribution in [0, 0.1) is 5.92 Å². The summed E-state index contributed by atoms with van der Waals surface area (Å²) in [6, 6.07) is 4.03. The summed E-state index contributed by atoms with van der Waals surface area (Å²) in [5.41, 5.74) is 7.22. The molecule has 39 heavy (non-hydrogen) atoms. The van der Waals surface area contributed by atoms with Gasteiger partial charge in [0, 0.05) is 24.5 Å². The molecule has 1 aromatic carbocycles. The number of hydrogen-bond donors (Lipinski definition) is 1. The number of carbonyl (C=O) groups excluding carboxylic acids is 3. The minimum Gasteiger partial charge on any atom is -0.491 e. The van der Waals surface area contributed by atoms with Crippen LogP contribution in [0.25, 0.3) is 11.4 Å². The highest BCUT2D eigenvalue weighted by Crippen LogP contribution is 2.39. The van der Waals surface area contributed by atoms with Gasteiger partial charge in [-0.25, -0.2) is 19.7 Å². The van der Waals surface area contributed by atoms with Gasteiger partial charge in [-0.15, -0.1) is 0 Å². The predicted molar refractivity (Wildman–Crippen MR) is 144 cm³/mol. The zero-order chi connectivity index (χ0) is 27.4. The summed E-state index contributed by atoms with van der Waals surface area (Å²) in [7, 11) is 0. The quantitative estimate of drug-likeness (QED) is 0.478. The molecule has 2 atom stereocenters. The largest absolute Gasteiger partial charge is 0.491 e. The second-order valence-electron chi connectivity index (χ2n) is 10.1. The summed E-state index contributed by atoms with van der Waals surface area (Å²) in [5, 5.41) is 0.298. The number of halogens is 1. The molecule has 2 aromatic heterocycles. The number of fused-ring (bicyclic) bond motifs is 3. The monoisotopic (exact) mass is 550 g/mol. The molecule has 0 radical (unpaired) electrons. The highest BCUT2D eigenvalue weighted by molar-refractivity contribution is 6.30. The first-order valence-electron chi connectivity index (χ1n) is 12.8. The molecule has 4 amide bonds. The number of imide groups is 1. The molecule has 12 nitrogen and oxygen atoms in total. The molecule has 3 aliphatic rings. The van der Waals surface area contributed by atoms with Crippen LogP contribution in [-0.4, -0.2) is 62.6 Å². The Morgan fingerprint density at radius 3 is 2.67 bits per heavy atom. The van der Waals surface area contributed by atoms with Crippen molar-refractivity contribution >= 4 is 46.9 Å². The Morgan fingerprint density at radius 1 is 1.18 bits per heavy atom. The van der Waals surface area contributed by atoms with Gasteiger partial charge >= 0.3 is 6.03 Å². The second kappa shape index (κ2) is 9.53. The Morgan fingerprint density at radius 2 is 1.95 bits per heavy atom. The van der Waals surface area contributed by atoms with E-state index in [2.05, 4.69) is 9.97 Å². The van der Waals surface area contributed by atoms with E-state index in [1.54, 1.807) is 6.20 Å². The van der Waals surface area contributed by atoms with E-state index in [-0.39, 0.29) is 23.8 Å². The molecule has 0 aliphatic carbocycles. The standard InChI is InChI=1S/C26H27ClN8O4/c1-14(2)21-24(37)35(25-29-11-15(27)12-30-25)26(38)34(21)20-13-32-8-9-39-19-10-16(5-6-17(19)23(32)31-20)33-7-3-4-18(33)22(28)36/h5-6,10-14,18,21H,3-4,7-9H2,1-2H3,(H2,28,36)/t18-,21?/m0/s1. The van der Waals surface area contributed by atoms with Gasteiger partial charge in [0.15, 0.2) is 5.82 Å². The Bertz CT molecular complexity index is 1470. The molecule has 0 bridgehead atoms. The highest BCUT2D eigenvalue weighted by Gasteiger charge is 2.50. The Kier molecular flexibility index (Phi) is 6.13. The molecule has 2 fully saturated rings. The van der Waals surface area contributed by atoms with Crippen molar-refractivity contribution in [3.05, 3.63) is 41.8 Å². The summed E-state index contributed by atoms with van der Waals surface area (Å²) in [4.78, 5) is 56.4. The van der Waals surface area contributed by atoms with Gasteiger partial charge in [0.25, 0.3) is 5.91 Å². The van der Waals surface area contributed by atoms with Gasteiger partial charge in [-0.1, -0.05) is 25.4 Å². The van der Waals surface area contributed by atoms with E-state index in [0.717, 1.165) is 35.5 Å². The van der Waals surface area contributed by atoms with Crippen LogP contribution in [-0.2, 0) is 16.1 Å². The summed E-state index contributed by atoms with van der Waals surface area (Å²) < 4.78 is 7.97. The molecular weight excluding hydrogens is 524 g/mol. The van der Waals surface area contributed by atoms with Crippen LogP contribution in [0.3, 0.4) is 0 Å². The molecular formula is C26H27ClN8O4. The van der Waals surface area contributed by atoms with E-state index < -0.39 is 18.0 Å². The summed E-state index contributed by atoms with van der Waals surface area (Å²) in [6.45, 7) is 5.35. The molecule has 5 heterocycles. The van der Waals surface area contributed by atoms with Gasteiger partial charge in [0.2, 0.25) is 11.9 Å². The molecule has 0 spiro atoms. The third-order valence-corrected chi connectivity index (χ3v) is 7.50. The van der Waals surface area contributed by atoms with Gasteiger partial charge in [0.1, 0.15) is 30.3 Å². The Labute approximate surface area is 229 Å². The Hall–Kier alpha value is -4.19. The molecule has 13 heteroatoms. The number of ether oxygens (including phenoxy) is 1. The average molecular weight is 551 g/mol. The number of rotatable bonds is 5. The first kappa shape index (κ1) is 25.1. The molecule has 0 saturated carbocycles. The van der Waals surface area contributed by atoms with E-state index >= 15 is 0 Å². The van der Waals surface area contributed by atoms with Crippen molar-refractivity contribution in [3.63, 3.8) is 0 Å². The van der Waals surface area contributed by atoms with Gasteiger partial charge in [-0.3, -0.25) is 14.5 Å². The predicted octanol–water partition coefficient (Wildman–Crippen LogP) is 2.84. The van der Waals surface area contributed by atoms with Crippen LogP contribution in [0.2, 0.25) is 5.02 Å². The number of aromatic nitrogens is 4. The van der Waals surface area contributed by atoms with Gasteiger partial charge in [-0.05, 0) is 30.9 Å². The molecule has 3 aliphatic heterocycles. The van der Waals surface area contributed by atoms with Gasteiger partial charge in [0.05, 0.1) is 29.5 Å². The van der Waals surface area contributed by atoms with Gasteiger partial charge in [-0.2, -0.15) is 4.90 Å². The fourth-order valence-electron chi connectivity index (χ4n) is 5.52. The third-order valence-electron chi connectivity index (χ3n) is 7.31. The van der Waals surface area contributed by atoms with Crippen LogP contribution < -0.4 is 25.2 Å². The van der Waals surface area contributed by atoms with E-state index in [0.29, 0.717) is 35.6 Å². The normalized spacial score (nSPS) is 20.8. The summed E-state index contributed by atoms with van der Waals surface area (Å²) in [6.07, 6.45) is 6.05. The molecule has 2 saturated heterocycles. The zero-order valence-corrected chi connectivity index (χ0v) is 22.2. The maximum atomic E-state index is 13.6. The van der Waals surface area contributed by atoms with Crippen LogP contribution in [0.4, 0.5) is 22.2 Å². The number of amides is 4. The van der Waals surface area contributed by atoms with E-state index in [9.17, 15) is 14.4 Å². The molecule has 2 N–H and O–H groups in total. The van der Waals surface area contributed by atoms with Crippen LogP contribution in [0.15, 0.2) is 36.8 Å². The lowest BCUT2D eigenvalue weighted by Crippen LogP contribution is -2.40. The highest BCUT2D eigenvalue weighted by atomic mass is 35.5. The van der Waals surface area contributed by atoms with Crippen molar-refractivity contribution in [1.29, 1.82) is 0 Å². The minimum atomic E-state index is -0.782. The number of anilines is 3. The van der Waals surface area contributed by atoms with Crippen molar-refractivity contribution < 1.29 is 19.1 Å². The third kappa shape index (κ3) is 4.15. The van der Waals surface area contributed by atoms with Crippen molar-refractivity contribution in [3.8, 4) is 17.1 Å². The number of hydrogen-bond acceptors (Lipinski definition) is 8. The fourth-order valence-corrected chi connectivity index (χ4v) is 5.61. The van der Waals surface area contributed by atoms with Crippen LogP contribution in [0.5, 0.6) is 5.75 Å². The molecule has 202 valence electrons. The molecule has 1 unspecified atom stereocenters. The van der Waals surface area contributed by atoms with Crippen molar-refractivity contribution in [2.45, 2.75) is 45.3 Å². The number of carbonyl (C=O) groups is 3. The maximum Gasteiger partial charge on any atom is 0.340 e. The van der Waals surface area contributed by atoms with E-state index in [1.165, 1.54) is 17.3 Å². The number of urea groups is 1. The lowest BCUT2D eigenvalue weighted by Gasteiger charge is -2.25. The number of imidazole rings is 1. The fraction of sp³-hybridized carbons (Fsp3) is 0.385. The van der Waals surface area contributed by atoms with Crippen LogP contribution in [0.1, 0.15) is 26.7 Å². The first-order chi connectivity index (χ1) is 18.7. The van der Waals surface area contributed by atoms with Crippen LogP contribution >= 0.6 is 11.6 Å². The molecule has 3 aromatic rings. The zero-order valence-electron chi connectivity index (χ0n) is 21.5. The number of benzene rings is 1. The lowest BCUT2D eigenvalue weighted by molar-refractivity contribution is -0.119. The molecule has 6 rings (SSSR count). The lowest BCUT2D eigenvalue weighted by atomic mass is 10.0. The number of primary amides is 1. The van der Waals surface area contributed by atoms with Crippen molar-refractivity contribution in [2.24, 2.45) is 11.7 Å². The number of nitrogens with zero attached hydrogens (tertiary/aromatic N) is 7. The van der Waals surface area contributed by atoms with E-state index in [1.807, 2.05) is 41.5 Å². The van der Waals surface area contributed by atoms with E-state index in [4.69, 9.17) is 27.1 Å². The SMILES string of the molecule is CC(C)C1C(=O)N(c2ncc(Cl)cn2)C(=O)N1c1cn2c(n1)-c1ccc(N3CCC[C@H]3C(N)=O)cc1OCC2. The summed E-state index contributed by atoms with van der Waals surface area (Å²) in [5.74, 6) is 0.584. The maximum absolute atomic E-state index is 13.6. The Balaban J connectivity index is 1.37. The smallest absolute Gasteiger partial charge is 0.340 e. The van der Waals surface area contributed by atoms with Crippen molar-refractivity contribution in [2.75, 3.05) is 27.9 Å². The summed E-state index contributed by atoms with van der Waals surface area (Å²) >= 11 is 5.91. The average Bonchev–Trinajstić information content (AvgIpc) is 3.59. The topological polar surface area (TPSA) is 140 Å². The first-order valence-corrected chi connectivity index (χ1v) is 13.2. The van der Waals surface area contributed by atoms with Gasteiger partial charge < -0.3 is 19.9 Å². The number of nitrogens with two attached hydrogens (primary N) is 1.